The lowest BCUT2D eigenvalue weighted by atomic mass is 9.97. The number of nitrogens with two attached hydrogens (primary N) is 1. The van der Waals surface area contributed by atoms with E-state index < -0.39 is 27.8 Å². The zero-order chi connectivity index (χ0) is 29.6. The number of rotatable bonds is 11. The summed E-state index contributed by atoms with van der Waals surface area (Å²) in [6.45, 7) is 4.61. The van der Waals surface area contributed by atoms with E-state index >= 15 is 0 Å². The molecule has 1 aromatic heterocycles. The van der Waals surface area contributed by atoms with Gasteiger partial charge in [0.2, 0.25) is 11.8 Å². The molecule has 0 spiro atoms. The van der Waals surface area contributed by atoms with Crippen molar-refractivity contribution in [1.29, 1.82) is 0 Å². The molecule has 4 rings (SSSR count). The second-order valence-electron chi connectivity index (χ2n) is 9.47. The standard InChI is InChI=1S/C31H32N4O5S/c1-3-34(4-2)30(37)27(29(32)36)19-14-22-12-16-25(17-13-22)35(31(38)28-11-7-8-20-33-28)41(39,40)26-18-15-23-9-5-6-10-24(23)21-26/h5-13,15-18,20-21,27H,3-4,14,19H2,1-2H3,(H2,32,36). The quantitative estimate of drug-likeness (QED) is 0.269. The van der Waals surface area contributed by atoms with E-state index in [9.17, 15) is 22.8 Å². The molecule has 3 aromatic carbocycles. The Bertz CT molecular complexity index is 1650. The number of primary amides is 1. The molecule has 0 saturated carbocycles. The molecule has 9 nitrogen and oxygen atoms in total. The number of amides is 3. The highest BCUT2D eigenvalue weighted by Crippen LogP contribution is 2.28. The third-order valence-corrected chi connectivity index (χ3v) is 8.64. The van der Waals surface area contributed by atoms with Gasteiger partial charge in [-0.15, -0.1) is 0 Å². The molecule has 0 bridgehead atoms. The zero-order valence-electron chi connectivity index (χ0n) is 22.9. The SMILES string of the molecule is CCN(CC)C(=O)C(CCc1ccc(N(C(=O)c2ccccn2)S(=O)(=O)c2ccc3ccccc3c2)cc1)C(N)=O. The summed E-state index contributed by atoms with van der Waals surface area (Å²) < 4.78 is 28.6. The maximum atomic E-state index is 13.9. The summed E-state index contributed by atoms with van der Waals surface area (Å²) in [7, 11) is -4.34. The number of anilines is 1. The lowest BCUT2D eigenvalue weighted by molar-refractivity contribution is -0.141. The Hall–Kier alpha value is -4.57. The van der Waals surface area contributed by atoms with Gasteiger partial charge >= 0.3 is 0 Å². The van der Waals surface area contributed by atoms with E-state index in [1.165, 1.54) is 36.5 Å². The van der Waals surface area contributed by atoms with Crippen molar-refractivity contribution in [3.05, 3.63) is 102 Å². The van der Waals surface area contributed by atoms with Gasteiger partial charge in [0.15, 0.2) is 0 Å². The highest BCUT2D eigenvalue weighted by Gasteiger charge is 2.33. The van der Waals surface area contributed by atoms with Crippen LogP contribution in [-0.2, 0) is 26.0 Å². The summed E-state index contributed by atoms with van der Waals surface area (Å²) in [4.78, 5) is 44.0. The van der Waals surface area contributed by atoms with Gasteiger partial charge in [-0.2, -0.15) is 4.31 Å². The van der Waals surface area contributed by atoms with Crippen LogP contribution >= 0.6 is 0 Å². The number of sulfonamides is 1. The average molecular weight is 573 g/mol. The predicted octanol–water partition coefficient (Wildman–Crippen LogP) is 4.17. The molecule has 0 aliphatic carbocycles. The van der Waals surface area contributed by atoms with Crippen LogP contribution in [0.2, 0.25) is 0 Å². The van der Waals surface area contributed by atoms with Crippen molar-refractivity contribution < 1.29 is 22.8 Å². The van der Waals surface area contributed by atoms with Gasteiger partial charge in [-0.25, -0.2) is 8.42 Å². The number of carbonyl (C=O) groups is 3. The van der Waals surface area contributed by atoms with Crippen LogP contribution in [0.15, 0.2) is 96.0 Å². The van der Waals surface area contributed by atoms with Crippen molar-refractivity contribution in [2.45, 2.75) is 31.6 Å². The number of aromatic nitrogens is 1. The molecular weight excluding hydrogens is 540 g/mol. The molecule has 212 valence electrons. The van der Waals surface area contributed by atoms with E-state index in [0.717, 1.165) is 20.6 Å². The van der Waals surface area contributed by atoms with Crippen LogP contribution in [0.25, 0.3) is 10.8 Å². The highest BCUT2D eigenvalue weighted by molar-refractivity contribution is 7.93. The Kier molecular flexibility index (Phi) is 9.14. The first kappa shape index (κ1) is 29.4. The fourth-order valence-electron chi connectivity index (χ4n) is 4.64. The van der Waals surface area contributed by atoms with Crippen LogP contribution in [-0.4, -0.2) is 49.1 Å². The lowest BCUT2D eigenvalue weighted by Gasteiger charge is -2.24. The smallest absolute Gasteiger partial charge is 0.290 e. The Balaban J connectivity index is 1.66. The van der Waals surface area contributed by atoms with E-state index in [2.05, 4.69) is 4.98 Å². The van der Waals surface area contributed by atoms with Crippen molar-refractivity contribution in [1.82, 2.24) is 9.88 Å². The van der Waals surface area contributed by atoms with Gasteiger partial charge in [0.05, 0.1) is 10.6 Å². The van der Waals surface area contributed by atoms with Gasteiger partial charge < -0.3 is 10.6 Å². The van der Waals surface area contributed by atoms with Crippen LogP contribution in [0, 0.1) is 5.92 Å². The Morgan fingerprint density at radius 3 is 2.12 bits per heavy atom. The van der Waals surface area contributed by atoms with Crippen LogP contribution in [0.1, 0.15) is 36.3 Å². The predicted molar refractivity (Wildman–Crippen MR) is 158 cm³/mol. The van der Waals surface area contributed by atoms with Crippen molar-refractivity contribution in [2.75, 3.05) is 17.4 Å². The van der Waals surface area contributed by atoms with Gasteiger partial charge in [-0.3, -0.25) is 19.4 Å². The fraction of sp³-hybridized carbons (Fsp3) is 0.226. The molecule has 1 atom stereocenters. The monoisotopic (exact) mass is 572 g/mol. The third-order valence-electron chi connectivity index (χ3n) is 6.94. The zero-order valence-corrected chi connectivity index (χ0v) is 23.8. The molecule has 4 aromatic rings. The molecule has 1 heterocycles. The van der Waals surface area contributed by atoms with Crippen LogP contribution in [0.3, 0.4) is 0 Å². The van der Waals surface area contributed by atoms with E-state index in [4.69, 9.17) is 5.73 Å². The van der Waals surface area contributed by atoms with Crippen LogP contribution in [0.5, 0.6) is 0 Å². The first-order valence-corrected chi connectivity index (χ1v) is 14.8. The fourth-order valence-corrected chi connectivity index (χ4v) is 6.08. The topological polar surface area (TPSA) is 131 Å². The molecule has 0 fully saturated rings. The van der Waals surface area contributed by atoms with E-state index in [1.54, 1.807) is 41.3 Å². The molecule has 10 heteroatoms. The second kappa shape index (κ2) is 12.7. The molecule has 1 unspecified atom stereocenters. The number of aryl methyl sites for hydroxylation is 1. The number of hydrogen-bond acceptors (Lipinski definition) is 6. The van der Waals surface area contributed by atoms with Crippen molar-refractivity contribution in [3.63, 3.8) is 0 Å². The van der Waals surface area contributed by atoms with E-state index in [0.29, 0.717) is 19.5 Å². The first-order chi connectivity index (χ1) is 19.7. The van der Waals surface area contributed by atoms with Crippen molar-refractivity contribution in [2.24, 2.45) is 11.7 Å². The largest absolute Gasteiger partial charge is 0.369 e. The summed E-state index contributed by atoms with van der Waals surface area (Å²) in [6, 6.07) is 23.2. The minimum absolute atomic E-state index is 0.0276. The first-order valence-electron chi connectivity index (χ1n) is 13.3. The second-order valence-corrected chi connectivity index (χ2v) is 11.3. The number of carbonyl (C=O) groups excluding carboxylic acids is 3. The third kappa shape index (κ3) is 6.44. The minimum atomic E-state index is -4.34. The number of benzene rings is 3. The normalized spacial score (nSPS) is 12.0. The Morgan fingerprint density at radius 2 is 1.51 bits per heavy atom. The van der Waals surface area contributed by atoms with E-state index in [1.807, 2.05) is 32.0 Å². The van der Waals surface area contributed by atoms with Gasteiger partial charge in [-0.1, -0.05) is 48.5 Å². The van der Waals surface area contributed by atoms with Crippen LogP contribution < -0.4 is 10.0 Å². The molecule has 0 aliphatic heterocycles. The molecule has 0 aliphatic rings. The maximum Gasteiger partial charge on any atom is 0.290 e. The van der Waals surface area contributed by atoms with Gasteiger partial charge in [0, 0.05) is 19.3 Å². The van der Waals surface area contributed by atoms with Crippen molar-refractivity contribution >= 4 is 44.2 Å². The van der Waals surface area contributed by atoms with Gasteiger partial charge in [-0.05, 0) is 79.4 Å². The minimum Gasteiger partial charge on any atom is -0.369 e. The Labute approximate surface area is 239 Å². The maximum absolute atomic E-state index is 13.9. The molecule has 0 saturated heterocycles. The van der Waals surface area contributed by atoms with E-state index in [-0.39, 0.29) is 28.6 Å². The number of pyridine rings is 1. The number of nitrogens with zero attached hydrogens (tertiary/aromatic N) is 3. The summed E-state index contributed by atoms with van der Waals surface area (Å²) >= 11 is 0. The van der Waals surface area contributed by atoms with Crippen molar-refractivity contribution in [3.8, 4) is 0 Å². The van der Waals surface area contributed by atoms with Gasteiger partial charge in [0.25, 0.3) is 15.9 Å². The van der Waals surface area contributed by atoms with Crippen LogP contribution in [0.4, 0.5) is 5.69 Å². The molecule has 3 amide bonds. The lowest BCUT2D eigenvalue weighted by Crippen LogP contribution is -2.42. The average Bonchev–Trinajstić information content (AvgIpc) is 2.98. The van der Waals surface area contributed by atoms with Gasteiger partial charge in [0.1, 0.15) is 11.6 Å². The summed E-state index contributed by atoms with van der Waals surface area (Å²) in [6.07, 6.45) is 1.98. The summed E-state index contributed by atoms with van der Waals surface area (Å²) in [5.41, 5.74) is 6.39. The highest BCUT2D eigenvalue weighted by atomic mass is 32.2. The summed E-state index contributed by atoms with van der Waals surface area (Å²) in [5, 5.41) is 1.59. The Morgan fingerprint density at radius 1 is 0.854 bits per heavy atom. The molecule has 2 N–H and O–H groups in total. The molecule has 0 radical (unpaired) electrons. The molecular formula is C31H32N4O5S. The molecule has 41 heavy (non-hydrogen) atoms. The summed E-state index contributed by atoms with van der Waals surface area (Å²) in [5.74, 6) is -2.77. The number of fused-ring (bicyclic) bond motifs is 1. The number of hydrogen-bond donors (Lipinski definition) is 1.